The number of carbonyl (C=O) groups excluding carboxylic acids is 1. The van der Waals surface area contributed by atoms with Crippen molar-refractivity contribution in [3.63, 3.8) is 0 Å². The lowest BCUT2D eigenvalue weighted by molar-refractivity contribution is -0.118. The number of fused-ring (bicyclic) bond motifs is 1. The molecule has 3 aromatic rings. The van der Waals surface area contributed by atoms with Gasteiger partial charge >= 0.3 is 0 Å². The first-order valence-electron chi connectivity index (χ1n) is 8.60. The summed E-state index contributed by atoms with van der Waals surface area (Å²) in [5, 5.41) is 3.34. The highest BCUT2D eigenvalue weighted by atomic mass is 32.2. The molecule has 1 aromatic heterocycles. The van der Waals surface area contributed by atoms with Gasteiger partial charge < -0.3 is 0 Å². The predicted molar refractivity (Wildman–Crippen MR) is 106 cm³/mol. The maximum absolute atomic E-state index is 12.0. The largest absolute Gasteiger partial charge is 0.298 e. The summed E-state index contributed by atoms with van der Waals surface area (Å²) in [6.07, 6.45) is 2.88. The fraction of sp³-hybridized carbons (Fsp3) is 0.333. The zero-order chi connectivity index (χ0) is 18.2. The summed E-state index contributed by atoms with van der Waals surface area (Å²) in [5.74, 6) is 0.149. The maximum atomic E-state index is 12.0. The van der Waals surface area contributed by atoms with Gasteiger partial charge in [0.2, 0.25) is 0 Å². The van der Waals surface area contributed by atoms with Crippen LogP contribution in [0.4, 0.5) is 0 Å². The minimum atomic E-state index is -0.505. The molecular formula is C21H24N2OS. The van der Waals surface area contributed by atoms with Crippen LogP contribution >= 0.6 is 11.8 Å². The van der Waals surface area contributed by atoms with Gasteiger partial charge in [-0.25, -0.2) is 4.98 Å². The Kier molecular flexibility index (Phi) is 4.74. The van der Waals surface area contributed by atoms with E-state index >= 15 is 0 Å². The molecule has 0 spiro atoms. The number of ketones is 1. The van der Waals surface area contributed by atoms with Crippen molar-refractivity contribution in [3.05, 3.63) is 53.9 Å². The zero-order valence-electron chi connectivity index (χ0n) is 15.5. The normalized spacial score (nSPS) is 11.9. The summed E-state index contributed by atoms with van der Waals surface area (Å²) < 4.78 is 1.66. The number of benzene rings is 2. The number of imidazole rings is 1. The second-order valence-electron chi connectivity index (χ2n) is 6.83. The number of thioether (sulfide) groups is 1. The van der Waals surface area contributed by atoms with Crippen LogP contribution in [0.3, 0.4) is 0 Å². The summed E-state index contributed by atoms with van der Waals surface area (Å²) in [4.78, 5) is 16.5. The Hall–Kier alpha value is -2.07. The van der Waals surface area contributed by atoms with Gasteiger partial charge in [0, 0.05) is 17.3 Å². The zero-order valence-corrected chi connectivity index (χ0v) is 16.3. The van der Waals surface area contributed by atoms with Crippen LogP contribution in [0.15, 0.2) is 47.8 Å². The van der Waals surface area contributed by atoms with Crippen LogP contribution in [0.25, 0.3) is 16.5 Å². The quantitative estimate of drug-likeness (QED) is 0.580. The summed E-state index contributed by atoms with van der Waals surface area (Å²) >= 11 is 1.52. The Morgan fingerprint density at radius 2 is 1.84 bits per heavy atom. The highest BCUT2D eigenvalue weighted by Crippen LogP contribution is 2.36. The highest BCUT2D eigenvalue weighted by molar-refractivity contribution is 8.01. The minimum Gasteiger partial charge on any atom is -0.298 e. The molecule has 4 heteroatoms. The van der Waals surface area contributed by atoms with E-state index in [9.17, 15) is 4.79 Å². The Morgan fingerprint density at radius 1 is 1.16 bits per heavy atom. The molecule has 130 valence electrons. The van der Waals surface area contributed by atoms with Gasteiger partial charge in [0.05, 0.1) is 10.4 Å². The molecule has 0 aliphatic heterocycles. The highest BCUT2D eigenvalue weighted by Gasteiger charge is 2.28. The lowest BCUT2D eigenvalue weighted by Gasteiger charge is -2.21. The third-order valence-corrected chi connectivity index (χ3v) is 5.98. The summed E-state index contributed by atoms with van der Waals surface area (Å²) in [6, 6.07) is 12.9. The molecule has 1 heterocycles. The topological polar surface area (TPSA) is 34.9 Å². The third kappa shape index (κ3) is 3.23. The van der Waals surface area contributed by atoms with Gasteiger partial charge in [0.25, 0.3) is 0 Å². The lowest BCUT2D eigenvalue weighted by Crippen LogP contribution is -2.25. The van der Waals surface area contributed by atoms with Gasteiger partial charge in [0.15, 0.2) is 5.16 Å². The molecule has 0 aliphatic carbocycles. The molecule has 0 amide bonds. The van der Waals surface area contributed by atoms with Gasteiger partial charge in [-0.2, -0.15) is 0 Å². The summed E-state index contributed by atoms with van der Waals surface area (Å²) in [7, 11) is 0. The summed E-state index contributed by atoms with van der Waals surface area (Å²) in [5.41, 5.74) is 3.52. The molecule has 0 saturated carbocycles. The van der Waals surface area contributed by atoms with Crippen LogP contribution in [-0.4, -0.2) is 20.1 Å². The molecule has 0 fully saturated rings. The first kappa shape index (κ1) is 17.7. The SMILES string of the molecule is CCc1ccc(-n2c(C)cnc2SC(C)(C)C(C)=O)c2ccccc12. The molecule has 25 heavy (non-hydrogen) atoms. The van der Waals surface area contributed by atoms with E-state index in [-0.39, 0.29) is 5.78 Å². The Labute approximate surface area is 153 Å². The van der Waals surface area contributed by atoms with Crippen molar-refractivity contribution in [1.82, 2.24) is 9.55 Å². The van der Waals surface area contributed by atoms with Crippen LogP contribution in [0.2, 0.25) is 0 Å². The van der Waals surface area contributed by atoms with Gasteiger partial charge in [-0.3, -0.25) is 9.36 Å². The van der Waals surface area contributed by atoms with Crippen LogP contribution < -0.4 is 0 Å². The maximum Gasteiger partial charge on any atom is 0.173 e. The number of hydrogen-bond donors (Lipinski definition) is 0. The minimum absolute atomic E-state index is 0.149. The smallest absolute Gasteiger partial charge is 0.173 e. The van der Waals surface area contributed by atoms with Gasteiger partial charge in [-0.1, -0.05) is 49.0 Å². The average Bonchev–Trinajstić information content (AvgIpc) is 2.93. The Morgan fingerprint density at radius 3 is 2.48 bits per heavy atom. The molecule has 0 aliphatic rings. The number of aryl methyl sites for hydroxylation is 2. The number of carbonyl (C=O) groups is 1. The first-order chi connectivity index (χ1) is 11.8. The molecule has 2 aromatic carbocycles. The van der Waals surface area contributed by atoms with E-state index in [2.05, 4.69) is 59.8 Å². The summed E-state index contributed by atoms with van der Waals surface area (Å²) in [6.45, 7) is 9.78. The van der Waals surface area contributed by atoms with Gasteiger partial charge in [0.1, 0.15) is 5.78 Å². The lowest BCUT2D eigenvalue weighted by atomic mass is 10.0. The van der Waals surface area contributed by atoms with Crippen molar-refractivity contribution in [2.24, 2.45) is 0 Å². The van der Waals surface area contributed by atoms with Crippen LogP contribution in [0, 0.1) is 6.92 Å². The van der Waals surface area contributed by atoms with Crippen molar-refractivity contribution >= 4 is 28.3 Å². The number of Topliss-reactive ketones (excluding diaryl/α,β-unsaturated/α-hetero) is 1. The van der Waals surface area contributed by atoms with Crippen LogP contribution in [0.1, 0.15) is 39.0 Å². The Balaban J connectivity index is 2.20. The third-order valence-electron chi connectivity index (χ3n) is 4.71. The van der Waals surface area contributed by atoms with Crippen molar-refractivity contribution in [2.75, 3.05) is 0 Å². The van der Waals surface area contributed by atoms with E-state index in [1.807, 2.05) is 20.0 Å². The molecule has 3 nitrogen and oxygen atoms in total. The second-order valence-corrected chi connectivity index (χ2v) is 8.42. The molecule has 0 atom stereocenters. The molecule has 0 unspecified atom stereocenters. The van der Waals surface area contributed by atoms with E-state index in [1.54, 1.807) is 6.92 Å². The first-order valence-corrected chi connectivity index (χ1v) is 9.42. The number of rotatable bonds is 5. The monoisotopic (exact) mass is 352 g/mol. The molecule has 0 radical (unpaired) electrons. The molecule has 3 rings (SSSR count). The van der Waals surface area contributed by atoms with Crippen molar-refractivity contribution < 1.29 is 4.79 Å². The van der Waals surface area contributed by atoms with E-state index in [0.717, 1.165) is 23.0 Å². The number of aromatic nitrogens is 2. The molecule has 0 N–H and O–H groups in total. The Bertz CT molecular complexity index is 940. The molecule has 0 bridgehead atoms. The fourth-order valence-electron chi connectivity index (χ4n) is 2.93. The van der Waals surface area contributed by atoms with E-state index in [0.29, 0.717) is 0 Å². The molecular weight excluding hydrogens is 328 g/mol. The van der Waals surface area contributed by atoms with Crippen molar-refractivity contribution in [1.29, 1.82) is 0 Å². The molecule has 0 saturated heterocycles. The van der Waals surface area contributed by atoms with E-state index < -0.39 is 4.75 Å². The van der Waals surface area contributed by atoms with E-state index in [4.69, 9.17) is 0 Å². The average molecular weight is 353 g/mol. The van der Waals surface area contributed by atoms with Crippen LogP contribution in [0.5, 0.6) is 0 Å². The standard InChI is InChI=1S/C21H24N2OS/c1-6-16-11-12-19(18-10-8-7-9-17(16)18)23-14(2)13-22-20(23)25-21(4,5)15(3)24/h7-13H,6H2,1-5H3. The van der Waals surface area contributed by atoms with Crippen LogP contribution in [-0.2, 0) is 11.2 Å². The van der Waals surface area contributed by atoms with Gasteiger partial charge in [-0.15, -0.1) is 0 Å². The van der Waals surface area contributed by atoms with Gasteiger partial charge in [-0.05, 0) is 51.1 Å². The number of nitrogens with zero attached hydrogens (tertiary/aromatic N) is 2. The van der Waals surface area contributed by atoms with E-state index in [1.165, 1.54) is 28.1 Å². The fourth-order valence-corrected chi connectivity index (χ4v) is 3.97. The predicted octanol–water partition coefficient (Wildman–Crippen LogP) is 5.36. The number of hydrogen-bond acceptors (Lipinski definition) is 3. The van der Waals surface area contributed by atoms with Crippen molar-refractivity contribution in [2.45, 2.75) is 50.9 Å². The second kappa shape index (κ2) is 6.68. The van der Waals surface area contributed by atoms with Crippen molar-refractivity contribution in [3.8, 4) is 5.69 Å².